The predicted octanol–water partition coefficient (Wildman–Crippen LogP) is 2.71. The van der Waals surface area contributed by atoms with Crippen LogP contribution >= 0.6 is 11.6 Å². The first-order valence-electron chi connectivity index (χ1n) is 6.56. The van der Waals surface area contributed by atoms with Crippen molar-refractivity contribution < 1.29 is 4.79 Å². The van der Waals surface area contributed by atoms with Crippen molar-refractivity contribution in [2.45, 2.75) is 37.9 Å². The summed E-state index contributed by atoms with van der Waals surface area (Å²) in [5.74, 6) is 0.215. The first-order chi connectivity index (χ1) is 8.75. The molecule has 0 radical (unpaired) electrons. The summed E-state index contributed by atoms with van der Waals surface area (Å²) in [4.78, 5) is 14.1. The zero-order valence-electron chi connectivity index (χ0n) is 10.2. The summed E-state index contributed by atoms with van der Waals surface area (Å²) < 4.78 is 0. The van der Waals surface area contributed by atoms with Gasteiger partial charge >= 0.3 is 0 Å². The van der Waals surface area contributed by atoms with Crippen LogP contribution in [0.5, 0.6) is 0 Å². The summed E-state index contributed by atoms with van der Waals surface area (Å²) in [5.41, 5.74) is 1.08. The summed E-state index contributed by atoms with van der Waals surface area (Å²) in [6.07, 6.45) is 4.72. The zero-order chi connectivity index (χ0) is 12.5. The van der Waals surface area contributed by atoms with E-state index in [0.717, 1.165) is 23.4 Å². The second-order valence-electron chi connectivity index (χ2n) is 5.08. The Morgan fingerprint density at radius 1 is 1.28 bits per heavy atom. The second kappa shape index (κ2) is 4.90. The molecule has 1 aromatic carbocycles. The number of nitrogens with zero attached hydrogens (tertiary/aromatic N) is 1. The Morgan fingerprint density at radius 3 is 2.78 bits per heavy atom. The Bertz CT molecular complexity index is 457. The number of rotatable bonds is 2. The summed E-state index contributed by atoms with van der Waals surface area (Å²) in [6, 6.07) is 8.18. The second-order valence-corrected chi connectivity index (χ2v) is 5.51. The molecule has 2 fully saturated rings. The van der Waals surface area contributed by atoms with Gasteiger partial charge in [0.15, 0.2) is 0 Å². The zero-order valence-corrected chi connectivity index (χ0v) is 11.0. The van der Waals surface area contributed by atoms with Gasteiger partial charge in [-0.3, -0.25) is 10.1 Å². The molecule has 1 aromatic rings. The van der Waals surface area contributed by atoms with Crippen molar-refractivity contribution in [2.75, 3.05) is 6.54 Å². The molecule has 3 rings (SSSR count). The van der Waals surface area contributed by atoms with Gasteiger partial charge in [0.25, 0.3) is 0 Å². The van der Waals surface area contributed by atoms with Crippen LogP contribution in [0.3, 0.4) is 0 Å². The minimum atomic E-state index is -0.000648. The van der Waals surface area contributed by atoms with Crippen LogP contribution in [-0.4, -0.2) is 23.4 Å². The van der Waals surface area contributed by atoms with Crippen LogP contribution in [0.25, 0.3) is 0 Å². The standard InChI is InChI=1S/C14H17ClN2O/c15-11-5-3-4-10(8-11)14-16-9-13(18)17(14)12-6-1-2-7-12/h3-5,8,12,14,16H,1-2,6-7,9H2. The first kappa shape index (κ1) is 12.0. The van der Waals surface area contributed by atoms with Crippen LogP contribution in [-0.2, 0) is 4.79 Å². The van der Waals surface area contributed by atoms with Gasteiger partial charge in [0.2, 0.25) is 5.91 Å². The van der Waals surface area contributed by atoms with Crippen LogP contribution in [0.2, 0.25) is 5.02 Å². The van der Waals surface area contributed by atoms with E-state index < -0.39 is 0 Å². The lowest BCUT2D eigenvalue weighted by atomic mass is 10.1. The topological polar surface area (TPSA) is 32.3 Å². The van der Waals surface area contributed by atoms with E-state index in [1.807, 2.05) is 29.2 Å². The quantitative estimate of drug-likeness (QED) is 0.891. The first-order valence-corrected chi connectivity index (χ1v) is 6.93. The number of hydrogen-bond acceptors (Lipinski definition) is 2. The molecule has 0 bridgehead atoms. The molecule has 1 aliphatic heterocycles. The number of nitrogens with one attached hydrogen (secondary N) is 1. The minimum Gasteiger partial charge on any atom is -0.319 e. The number of benzene rings is 1. The highest BCUT2D eigenvalue weighted by Crippen LogP contribution is 2.33. The monoisotopic (exact) mass is 264 g/mol. The third-order valence-corrected chi connectivity index (χ3v) is 4.13. The van der Waals surface area contributed by atoms with Gasteiger partial charge in [0.1, 0.15) is 6.17 Å². The number of halogens is 1. The van der Waals surface area contributed by atoms with E-state index in [0.29, 0.717) is 12.6 Å². The molecule has 1 unspecified atom stereocenters. The van der Waals surface area contributed by atoms with Crippen LogP contribution in [0, 0.1) is 0 Å². The van der Waals surface area contributed by atoms with Crippen molar-refractivity contribution in [3.05, 3.63) is 34.9 Å². The van der Waals surface area contributed by atoms with E-state index >= 15 is 0 Å². The molecule has 0 spiro atoms. The molecule has 1 aliphatic carbocycles. The Balaban J connectivity index is 1.88. The molecule has 0 aromatic heterocycles. The fraction of sp³-hybridized carbons (Fsp3) is 0.500. The van der Waals surface area contributed by atoms with Crippen LogP contribution in [0.4, 0.5) is 0 Å². The minimum absolute atomic E-state index is 0.000648. The van der Waals surface area contributed by atoms with Crippen molar-refractivity contribution in [3.8, 4) is 0 Å². The molecule has 1 atom stereocenters. The average molecular weight is 265 g/mol. The van der Waals surface area contributed by atoms with E-state index in [1.165, 1.54) is 12.8 Å². The number of amides is 1. The highest BCUT2D eigenvalue weighted by Gasteiger charge is 2.37. The van der Waals surface area contributed by atoms with Gasteiger partial charge in [-0.25, -0.2) is 0 Å². The molecule has 1 heterocycles. The summed E-state index contributed by atoms with van der Waals surface area (Å²) >= 11 is 6.04. The van der Waals surface area contributed by atoms with E-state index in [9.17, 15) is 4.79 Å². The molecular formula is C14H17ClN2O. The molecule has 3 nitrogen and oxygen atoms in total. The summed E-state index contributed by atoms with van der Waals surface area (Å²) in [6.45, 7) is 0.438. The molecule has 1 amide bonds. The smallest absolute Gasteiger partial charge is 0.238 e. The van der Waals surface area contributed by atoms with Gasteiger partial charge in [0, 0.05) is 11.1 Å². The molecule has 96 valence electrons. The Hall–Kier alpha value is -1.06. The van der Waals surface area contributed by atoms with Gasteiger partial charge in [-0.15, -0.1) is 0 Å². The molecule has 4 heteroatoms. The van der Waals surface area contributed by atoms with Gasteiger partial charge in [-0.1, -0.05) is 36.6 Å². The van der Waals surface area contributed by atoms with E-state index in [4.69, 9.17) is 11.6 Å². The molecular weight excluding hydrogens is 248 g/mol. The SMILES string of the molecule is O=C1CNC(c2cccc(Cl)c2)N1C1CCCC1. The Morgan fingerprint density at radius 2 is 2.06 bits per heavy atom. The summed E-state index contributed by atoms with van der Waals surface area (Å²) in [5, 5.41) is 4.02. The van der Waals surface area contributed by atoms with Crippen molar-refractivity contribution in [1.82, 2.24) is 10.2 Å². The fourth-order valence-corrected chi connectivity index (χ4v) is 3.27. The van der Waals surface area contributed by atoms with Crippen LogP contribution in [0.1, 0.15) is 37.4 Å². The van der Waals surface area contributed by atoms with Gasteiger partial charge in [-0.05, 0) is 30.5 Å². The van der Waals surface area contributed by atoms with Crippen LogP contribution in [0.15, 0.2) is 24.3 Å². The molecule has 18 heavy (non-hydrogen) atoms. The largest absolute Gasteiger partial charge is 0.319 e. The molecule has 1 saturated heterocycles. The van der Waals surface area contributed by atoms with Gasteiger partial charge in [-0.2, -0.15) is 0 Å². The van der Waals surface area contributed by atoms with Crippen molar-refractivity contribution in [2.24, 2.45) is 0 Å². The number of carbonyl (C=O) groups is 1. The highest BCUT2D eigenvalue weighted by molar-refractivity contribution is 6.30. The molecule has 1 N–H and O–H groups in total. The maximum absolute atomic E-state index is 12.1. The number of carbonyl (C=O) groups excluding carboxylic acids is 1. The van der Waals surface area contributed by atoms with E-state index in [-0.39, 0.29) is 12.1 Å². The molecule has 1 saturated carbocycles. The van der Waals surface area contributed by atoms with Crippen molar-refractivity contribution >= 4 is 17.5 Å². The lowest BCUT2D eigenvalue weighted by Gasteiger charge is -2.30. The van der Waals surface area contributed by atoms with E-state index in [1.54, 1.807) is 0 Å². The predicted molar refractivity (Wildman–Crippen MR) is 71.3 cm³/mol. The Kier molecular flexibility index (Phi) is 3.27. The highest BCUT2D eigenvalue weighted by atomic mass is 35.5. The lowest BCUT2D eigenvalue weighted by molar-refractivity contribution is -0.130. The van der Waals surface area contributed by atoms with Gasteiger partial charge < -0.3 is 4.90 Å². The Labute approximate surface area is 112 Å². The maximum Gasteiger partial charge on any atom is 0.238 e. The summed E-state index contributed by atoms with van der Waals surface area (Å²) in [7, 11) is 0. The lowest BCUT2D eigenvalue weighted by Crippen LogP contribution is -2.38. The van der Waals surface area contributed by atoms with E-state index in [2.05, 4.69) is 5.32 Å². The normalized spacial score (nSPS) is 25.1. The molecule has 2 aliphatic rings. The van der Waals surface area contributed by atoms with Crippen molar-refractivity contribution in [3.63, 3.8) is 0 Å². The van der Waals surface area contributed by atoms with Gasteiger partial charge in [0.05, 0.1) is 6.54 Å². The average Bonchev–Trinajstić information content (AvgIpc) is 2.97. The third-order valence-electron chi connectivity index (χ3n) is 3.90. The van der Waals surface area contributed by atoms with Crippen molar-refractivity contribution in [1.29, 1.82) is 0 Å². The number of hydrogen-bond donors (Lipinski definition) is 1. The van der Waals surface area contributed by atoms with Crippen LogP contribution < -0.4 is 5.32 Å². The maximum atomic E-state index is 12.1. The fourth-order valence-electron chi connectivity index (χ4n) is 3.07. The third kappa shape index (κ3) is 2.13.